The maximum absolute atomic E-state index is 5.84. The first kappa shape index (κ1) is 12.7. The molecule has 3 aromatic rings. The third-order valence-electron chi connectivity index (χ3n) is 3.00. The van der Waals surface area contributed by atoms with E-state index in [0.717, 1.165) is 16.8 Å². The van der Waals surface area contributed by atoms with Crippen LogP contribution >= 0.6 is 11.8 Å². The molecule has 0 atom stereocenters. The Bertz CT molecular complexity index is 722. The highest BCUT2D eigenvalue weighted by Crippen LogP contribution is 2.29. The van der Waals surface area contributed by atoms with E-state index in [2.05, 4.69) is 22.3 Å². The molecule has 0 bridgehead atoms. The molecule has 0 amide bonds. The number of anilines is 1. The largest absolute Gasteiger partial charge is 0.383 e. The van der Waals surface area contributed by atoms with Crippen molar-refractivity contribution in [1.29, 1.82) is 0 Å². The number of benzene rings is 1. The molecule has 2 aromatic heterocycles. The highest BCUT2D eigenvalue weighted by molar-refractivity contribution is 7.98. The van der Waals surface area contributed by atoms with E-state index in [1.807, 2.05) is 36.6 Å². The summed E-state index contributed by atoms with van der Waals surface area (Å²) in [7, 11) is 0. The van der Waals surface area contributed by atoms with Gasteiger partial charge in [-0.3, -0.25) is 0 Å². The van der Waals surface area contributed by atoms with E-state index in [9.17, 15) is 0 Å². The van der Waals surface area contributed by atoms with Crippen LogP contribution in [0.15, 0.2) is 58.1 Å². The molecular formula is C15H13N3OS. The molecule has 3 rings (SSSR count). The minimum absolute atomic E-state index is 0.438. The number of nitrogens with zero attached hydrogens (tertiary/aromatic N) is 2. The van der Waals surface area contributed by atoms with E-state index in [0.29, 0.717) is 11.6 Å². The molecule has 0 saturated carbocycles. The Hall–Kier alpha value is -2.27. The van der Waals surface area contributed by atoms with Gasteiger partial charge >= 0.3 is 0 Å². The quantitative estimate of drug-likeness (QED) is 0.742. The molecule has 0 spiro atoms. The van der Waals surface area contributed by atoms with Crippen molar-refractivity contribution in [2.75, 3.05) is 12.0 Å². The van der Waals surface area contributed by atoms with E-state index < -0.39 is 0 Å². The van der Waals surface area contributed by atoms with Crippen molar-refractivity contribution in [3.8, 4) is 22.6 Å². The fraction of sp³-hybridized carbons (Fsp3) is 0.0667. The van der Waals surface area contributed by atoms with Crippen molar-refractivity contribution in [3.63, 3.8) is 0 Å². The summed E-state index contributed by atoms with van der Waals surface area (Å²) in [6.07, 6.45) is 3.70. The SMILES string of the molecule is CSc1ccc(-c2cc(-c3cccnc3N)on2)cc1. The predicted molar refractivity (Wildman–Crippen MR) is 81.4 cm³/mol. The number of nitrogens with two attached hydrogens (primary N) is 1. The maximum Gasteiger partial charge on any atom is 0.171 e. The Morgan fingerprint density at radius 1 is 1.15 bits per heavy atom. The van der Waals surface area contributed by atoms with Crippen molar-refractivity contribution >= 4 is 17.6 Å². The third-order valence-corrected chi connectivity index (χ3v) is 3.74. The molecule has 0 radical (unpaired) electrons. The Morgan fingerprint density at radius 2 is 1.95 bits per heavy atom. The van der Waals surface area contributed by atoms with Crippen LogP contribution in [0, 0.1) is 0 Å². The van der Waals surface area contributed by atoms with Crippen LogP contribution in [0.1, 0.15) is 0 Å². The number of pyridine rings is 1. The second-order valence-corrected chi connectivity index (χ2v) is 5.12. The van der Waals surface area contributed by atoms with Crippen molar-refractivity contribution in [2.45, 2.75) is 4.90 Å². The van der Waals surface area contributed by atoms with Gasteiger partial charge in [-0.2, -0.15) is 0 Å². The van der Waals surface area contributed by atoms with Crippen molar-refractivity contribution in [3.05, 3.63) is 48.7 Å². The lowest BCUT2D eigenvalue weighted by Gasteiger charge is -1.98. The van der Waals surface area contributed by atoms with Crippen LogP contribution in [-0.2, 0) is 0 Å². The lowest BCUT2D eigenvalue weighted by Crippen LogP contribution is -1.91. The Labute approximate surface area is 121 Å². The van der Waals surface area contributed by atoms with E-state index in [4.69, 9.17) is 10.3 Å². The lowest BCUT2D eigenvalue weighted by atomic mass is 10.1. The van der Waals surface area contributed by atoms with Crippen molar-refractivity contribution in [2.24, 2.45) is 0 Å². The van der Waals surface area contributed by atoms with Gasteiger partial charge in [-0.05, 0) is 30.5 Å². The zero-order valence-corrected chi connectivity index (χ0v) is 11.7. The summed E-state index contributed by atoms with van der Waals surface area (Å²) in [6.45, 7) is 0. The molecule has 0 aliphatic heterocycles. The fourth-order valence-electron chi connectivity index (χ4n) is 1.93. The molecule has 2 N–H and O–H groups in total. The van der Waals surface area contributed by atoms with Gasteiger partial charge in [0.2, 0.25) is 0 Å². The van der Waals surface area contributed by atoms with Gasteiger partial charge in [-0.15, -0.1) is 11.8 Å². The van der Waals surface area contributed by atoms with Gasteiger partial charge in [-0.1, -0.05) is 17.3 Å². The standard InChI is InChI=1S/C15H13N3OS/c1-20-11-6-4-10(5-7-11)13-9-14(19-18-13)12-3-2-8-17-15(12)16/h2-9H,1H3,(H2,16,17). The predicted octanol–water partition coefficient (Wildman–Crippen LogP) is 3.71. The van der Waals surface area contributed by atoms with Gasteiger partial charge in [0.05, 0.1) is 5.56 Å². The van der Waals surface area contributed by atoms with E-state index in [1.54, 1.807) is 18.0 Å². The summed E-state index contributed by atoms with van der Waals surface area (Å²) in [6, 6.07) is 13.7. The molecule has 0 unspecified atom stereocenters. The molecule has 100 valence electrons. The molecule has 20 heavy (non-hydrogen) atoms. The summed E-state index contributed by atoms with van der Waals surface area (Å²) in [5, 5.41) is 4.09. The molecule has 1 aromatic carbocycles. The van der Waals surface area contributed by atoms with Crippen LogP contribution in [-0.4, -0.2) is 16.4 Å². The van der Waals surface area contributed by atoms with Crippen LogP contribution < -0.4 is 5.73 Å². The summed E-state index contributed by atoms with van der Waals surface area (Å²) >= 11 is 1.71. The Kier molecular flexibility index (Phi) is 3.43. The topological polar surface area (TPSA) is 64.9 Å². The van der Waals surface area contributed by atoms with Crippen LogP contribution in [0.3, 0.4) is 0 Å². The molecule has 5 heteroatoms. The second-order valence-electron chi connectivity index (χ2n) is 4.24. The van der Waals surface area contributed by atoms with Gasteiger partial charge in [-0.25, -0.2) is 4.98 Å². The Balaban J connectivity index is 1.95. The highest BCUT2D eigenvalue weighted by atomic mass is 32.2. The number of aromatic nitrogens is 2. The summed E-state index contributed by atoms with van der Waals surface area (Å²) in [5.74, 6) is 1.06. The fourth-order valence-corrected chi connectivity index (χ4v) is 2.33. The van der Waals surface area contributed by atoms with Gasteiger partial charge in [0.25, 0.3) is 0 Å². The Morgan fingerprint density at radius 3 is 2.65 bits per heavy atom. The van der Waals surface area contributed by atoms with Gasteiger partial charge in [0.1, 0.15) is 11.5 Å². The average molecular weight is 283 g/mol. The van der Waals surface area contributed by atoms with Crippen molar-refractivity contribution in [1.82, 2.24) is 10.1 Å². The monoisotopic (exact) mass is 283 g/mol. The van der Waals surface area contributed by atoms with E-state index in [-0.39, 0.29) is 0 Å². The molecule has 0 aliphatic rings. The van der Waals surface area contributed by atoms with Crippen molar-refractivity contribution < 1.29 is 4.52 Å². The average Bonchev–Trinajstić information content (AvgIpc) is 2.97. The molecule has 2 heterocycles. The molecular weight excluding hydrogens is 270 g/mol. The lowest BCUT2D eigenvalue weighted by molar-refractivity contribution is 0.435. The maximum atomic E-state index is 5.84. The molecule has 4 nitrogen and oxygen atoms in total. The normalized spacial score (nSPS) is 10.7. The first-order chi connectivity index (χ1) is 9.78. The minimum atomic E-state index is 0.438. The number of nitrogen functional groups attached to an aromatic ring is 1. The summed E-state index contributed by atoms with van der Waals surface area (Å²) < 4.78 is 5.37. The van der Waals surface area contributed by atoms with E-state index >= 15 is 0 Å². The molecule has 0 fully saturated rings. The number of hydrogen-bond donors (Lipinski definition) is 1. The smallest absolute Gasteiger partial charge is 0.171 e. The van der Waals surface area contributed by atoms with Crippen LogP contribution in [0.5, 0.6) is 0 Å². The van der Waals surface area contributed by atoms with Crippen LogP contribution in [0.25, 0.3) is 22.6 Å². The minimum Gasteiger partial charge on any atom is -0.383 e. The second kappa shape index (κ2) is 5.38. The summed E-state index contributed by atoms with van der Waals surface area (Å²) in [5.41, 5.74) is 8.40. The van der Waals surface area contributed by atoms with Crippen LogP contribution in [0.2, 0.25) is 0 Å². The first-order valence-corrected chi connectivity index (χ1v) is 7.32. The molecule has 0 saturated heterocycles. The number of rotatable bonds is 3. The molecule has 0 aliphatic carbocycles. The van der Waals surface area contributed by atoms with Gasteiger partial charge in [0, 0.05) is 22.7 Å². The highest BCUT2D eigenvalue weighted by Gasteiger charge is 2.11. The van der Waals surface area contributed by atoms with Gasteiger partial charge in [0.15, 0.2) is 5.76 Å². The third kappa shape index (κ3) is 2.40. The summed E-state index contributed by atoms with van der Waals surface area (Å²) in [4.78, 5) is 5.26. The van der Waals surface area contributed by atoms with Gasteiger partial charge < -0.3 is 10.3 Å². The number of hydrogen-bond acceptors (Lipinski definition) is 5. The first-order valence-electron chi connectivity index (χ1n) is 6.10. The zero-order chi connectivity index (χ0) is 13.9. The zero-order valence-electron chi connectivity index (χ0n) is 10.9. The number of thioether (sulfide) groups is 1. The van der Waals surface area contributed by atoms with Crippen LogP contribution in [0.4, 0.5) is 5.82 Å². The van der Waals surface area contributed by atoms with E-state index in [1.165, 1.54) is 4.90 Å².